The quantitative estimate of drug-likeness (QED) is 0.584. The molecule has 0 N–H and O–H groups in total. The summed E-state index contributed by atoms with van der Waals surface area (Å²) in [4.78, 5) is 7.37. The van der Waals surface area contributed by atoms with Gasteiger partial charge >= 0.3 is 0 Å². The summed E-state index contributed by atoms with van der Waals surface area (Å²) in [6.45, 7) is 8.07. The first-order valence-electron chi connectivity index (χ1n) is 6.03. The second-order valence-electron chi connectivity index (χ2n) is 4.84. The topological polar surface area (TPSA) is 23.8 Å². The molecule has 0 amide bonds. The van der Waals surface area contributed by atoms with Crippen LogP contribution >= 0.6 is 0 Å². The minimum Gasteiger partial charge on any atom is -0.305 e. The molecule has 2 aliphatic heterocycles. The summed E-state index contributed by atoms with van der Waals surface area (Å²) in [5.41, 5.74) is 0. The van der Waals surface area contributed by atoms with Gasteiger partial charge in [0.1, 0.15) is 0 Å². The summed E-state index contributed by atoms with van der Waals surface area (Å²) in [5.74, 6) is 0. The van der Waals surface area contributed by atoms with E-state index < -0.39 is 0 Å². The third-order valence-corrected chi connectivity index (χ3v) is 3.47. The Morgan fingerprint density at radius 1 is 0.933 bits per heavy atom. The Kier molecular flexibility index (Phi) is 3.97. The van der Waals surface area contributed by atoms with Gasteiger partial charge in [0.25, 0.3) is 0 Å². The highest BCUT2D eigenvalue weighted by Crippen LogP contribution is 2.08. The molecular formula is C11H23N4. The average molecular weight is 211 g/mol. The van der Waals surface area contributed by atoms with E-state index in [0.717, 1.165) is 19.6 Å². The van der Waals surface area contributed by atoms with Gasteiger partial charge in [-0.3, -0.25) is 4.90 Å². The zero-order chi connectivity index (χ0) is 10.7. The maximum absolute atomic E-state index is 4.74. The van der Waals surface area contributed by atoms with Crippen molar-refractivity contribution in [2.24, 2.45) is 0 Å². The Hall–Kier alpha value is -0.160. The Bertz CT molecular complexity index is 197. The van der Waals surface area contributed by atoms with Gasteiger partial charge in [0.15, 0.2) is 0 Å². The smallest absolute Gasteiger partial charge is 0.0890 e. The number of hydrogen-bond acceptors (Lipinski definition) is 3. The molecule has 2 heterocycles. The molecule has 1 radical (unpaired) electrons. The Morgan fingerprint density at radius 2 is 1.80 bits per heavy atom. The van der Waals surface area contributed by atoms with Crippen molar-refractivity contribution in [3.05, 3.63) is 0 Å². The first-order chi connectivity index (χ1) is 7.25. The lowest BCUT2D eigenvalue weighted by molar-refractivity contribution is 0.0968. The van der Waals surface area contributed by atoms with E-state index in [1.165, 1.54) is 32.6 Å². The van der Waals surface area contributed by atoms with Gasteiger partial charge in [-0.1, -0.05) is 0 Å². The molecule has 0 spiro atoms. The van der Waals surface area contributed by atoms with Crippen LogP contribution in [-0.4, -0.2) is 80.8 Å². The number of hydrogen-bond donors (Lipinski definition) is 0. The standard InChI is InChI=1S/C11H23N4/c1-13-5-3-6-15(9-8-13)11-10-14(2)7-4-12-11/h11H,3-10H2,1-2H3. The Balaban J connectivity index is 1.85. The monoisotopic (exact) mass is 211 g/mol. The molecular weight excluding hydrogens is 188 g/mol. The van der Waals surface area contributed by atoms with E-state index in [9.17, 15) is 0 Å². The van der Waals surface area contributed by atoms with Gasteiger partial charge in [-0.05, 0) is 27.1 Å². The molecule has 1 atom stereocenters. The van der Waals surface area contributed by atoms with Crippen molar-refractivity contribution in [2.75, 3.05) is 59.9 Å². The first kappa shape index (κ1) is 11.3. The summed E-state index contributed by atoms with van der Waals surface area (Å²) >= 11 is 0. The van der Waals surface area contributed by atoms with Crippen LogP contribution in [0.5, 0.6) is 0 Å². The van der Waals surface area contributed by atoms with Crippen molar-refractivity contribution in [1.29, 1.82) is 0 Å². The van der Waals surface area contributed by atoms with Crippen molar-refractivity contribution >= 4 is 0 Å². The number of rotatable bonds is 1. The summed E-state index contributed by atoms with van der Waals surface area (Å²) in [6.07, 6.45) is 1.74. The predicted octanol–water partition coefficient (Wildman–Crippen LogP) is -0.500. The number of piperazine rings is 1. The van der Waals surface area contributed by atoms with Crippen LogP contribution in [0.2, 0.25) is 0 Å². The van der Waals surface area contributed by atoms with Gasteiger partial charge < -0.3 is 9.80 Å². The molecule has 0 aromatic rings. The summed E-state index contributed by atoms with van der Waals surface area (Å²) in [6, 6.07) is 0. The molecule has 0 aromatic carbocycles. The molecule has 0 aromatic heterocycles. The second-order valence-corrected chi connectivity index (χ2v) is 4.84. The Labute approximate surface area is 93.2 Å². The van der Waals surface area contributed by atoms with Gasteiger partial charge in [0.05, 0.1) is 6.17 Å². The lowest BCUT2D eigenvalue weighted by atomic mass is 10.2. The molecule has 2 aliphatic rings. The predicted molar refractivity (Wildman–Crippen MR) is 62.0 cm³/mol. The van der Waals surface area contributed by atoms with E-state index in [2.05, 4.69) is 28.8 Å². The summed E-state index contributed by atoms with van der Waals surface area (Å²) in [7, 11) is 4.42. The fraction of sp³-hybridized carbons (Fsp3) is 1.00. The molecule has 0 bridgehead atoms. The molecule has 2 saturated heterocycles. The van der Waals surface area contributed by atoms with Crippen LogP contribution in [0.3, 0.4) is 0 Å². The van der Waals surface area contributed by atoms with Gasteiger partial charge in [-0.25, -0.2) is 5.32 Å². The van der Waals surface area contributed by atoms with Crippen LogP contribution in [0.1, 0.15) is 6.42 Å². The fourth-order valence-electron chi connectivity index (χ4n) is 2.40. The summed E-state index contributed by atoms with van der Waals surface area (Å²) in [5, 5.41) is 4.74. The third kappa shape index (κ3) is 3.14. The van der Waals surface area contributed by atoms with Gasteiger partial charge in [0, 0.05) is 39.3 Å². The molecule has 4 heteroatoms. The van der Waals surface area contributed by atoms with Crippen LogP contribution in [0.25, 0.3) is 0 Å². The van der Waals surface area contributed by atoms with E-state index in [0.29, 0.717) is 6.17 Å². The zero-order valence-corrected chi connectivity index (χ0v) is 10.0. The van der Waals surface area contributed by atoms with E-state index >= 15 is 0 Å². The number of nitrogens with zero attached hydrogens (tertiary/aromatic N) is 4. The summed E-state index contributed by atoms with van der Waals surface area (Å²) < 4.78 is 0. The SMILES string of the molecule is CN1CCCN(C2CN(C)CC[N]2)CC1. The van der Waals surface area contributed by atoms with Crippen molar-refractivity contribution in [1.82, 2.24) is 20.0 Å². The normalized spacial score (nSPS) is 32.8. The highest BCUT2D eigenvalue weighted by Gasteiger charge is 2.25. The van der Waals surface area contributed by atoms with E-state index in [1.807, 2.05) is 0 Å². The molecule has 4 nitrogen and oxygen atoms in total. The van der Waals surface area contributed by atoms with Crippen LogP contribution in [0.4, 0.5) is 0 Å². The van der Waals surface area contributed by atoms with E-state index in [4.69, 9.17) is 5.32 Å². The third-order valence-electron chi connectivity index (χ3n) is 3.47. The van der Waals surface area contributed by atoms with E-state index in [-0.39, 0.29) is 0 Å². The largest absolute Gasteiger partial charge is 0.305 e. The van der Waals surface area contributed by atoms with Crippen LogP contribution in [-0.2, 0) is 0 Å². The molecule has 87 valence electrons. The molecule has 1 unspecified atom stereocenters. The van der Waals surface area contributed by atoms with E-state index in [1.54, 1.807) is 0 Å². The van der Waals surface area contributed by atoms with Gasteiger partial charge in [0.2, 0.25) is 0 Å². The molecule has 15 heavy (non-hydrogen) atoms. The highest BCUT2D eigenvalue weighted by molar-refractivity contribution is 4.79. The van der Waals surface area contributed by atoms with Crippen molar-refractivity contribution < 1.29 is 0 Å². The lowest BCUT2D eigenvalue weighted by Gasteiger charge is -2.36. The minimum atomic E-state index is 0.454. The molecule has 2 rings (SSSR count). The average Bonchev–Trinajstić information content (AvgIpc) is 2.43. The molecule has 0 aliphatic carbocycles. The maximum Gasteiger partial charge on any atom is 0.0890 e. The lowest BCUT2D eigenvalue weighted by Crippen LogP contribution is -2.54. The molecule has 0 saturated carbocycles. The van der Waals surface area contributed by atoms with Crippen molar-refractivity contribution in [2.45, 2.75) is 12.6 Å². The van der Waals surface area contributed by atoms with Crippen LogP contribution < -0.4 is 5.32 Å². The second kappa shape index (κ2) is 5.25. The minimum absolute atomic E-state index is 0.454. The fourth-order valence-corrected chi connectivity index (χ4v) is 2.40. The first-order valence-corrected chi connectivity index (χ1v) is 6.03. The number of likely N-dealkylation sites (N-methyl/N-ethyl adjacent to an activating group) is 2. The highest BCUT2D eigenvalue weighted by atomic mass is 15.3. The molecule has 2 fully saturated rings. The van der Waals surface area contributed by atoms with Crippen LogP contribution in [0, 0.1) is 0 Å². The van der Waals surface area contributed by atoms with Crippen LogP contribution in [0.15, 0.2) is 0 Å². The van der Waals surface area contributed by atoms with Gasteiger partial charge in [-0.2, -0.15) is 0 Å². The zero-order valence-electron chi connectivity index (χ0n) is 10.0. The Morgan fingerprint density at radius 3 is 2.60 bits per heavy atom. The van der Waals surface area contributed by atoms with Gasteiger partial charge in [-0.15, -0.1) is 0 Å². The van der Waals surface area contributed by atoms with Crippen molar-refractivity contribution in [3.63, 3.8) is 0 Å². The van der Waals surface area contributed by atoms with Crippen molar-refractivity contribution in [3.8, 4) is 0 Å². The maximum atomic E-state index is 4.74.